The van der Waals surface area contributed by atoms with E-state index in [0.29, 0.717) is 0 Å². The molecule has 2 aromatic rings. The first-order valence-electron chi connectivity index (χ1n) is 6.63. The van der Waals surface area contributed by atoms with Crippen LogP contribution in [-0.4, -0.2) is 11.1 Å². The molecule has 1 N–H and O–H groups in total. The first-order chi connectivity index (χ1) is 9.54. The van der Waals surface area contributed by atoms with Gasteiger partial charge in [-0.15, -0.1) is 0 Å². The Bertz CT molecular complexity index is 574. The van der Waals surface area contributed by atoms with Crippen LogP contribution in [0.15, 0.2) is 46.9 Å². The van der Waals surface area contributed by atoms with Crippen molar-refractivity contribution in [1.29, 1.82) is 0 Å². The number of aryl methyl sites for hydroxylation is 1. The average Bonchev–Trinajstić information content (AvgIpc) is 2.40. The average molecular weight is 335 g/mol. The summed E-state index contributed by atoms with van der Waals surface area (Å²) in [4.78, 5) is 10.8. The smallest absolute Gasteiger partial charge is 0.307 e. The highest BCUT2D eigenvalue weighted by Gasteiger charge is 2.05. The van der Waals surface area contributed by atoms with Crippen molar-refractivity contribution in [3.8, 4) is 11.1 Å². The van der Waals surface area contributed by atoms with Crippen LogP contribution in [0.1, 0.15) is 25.0 Å². The van der Waals surface area contributed by atoms with E-state index >= 15 is 0 Å². The number of carboxylic acids is 1. The van der Waals surface area contributed by atoms with Gasteiger partial charge in [0.1, 0.15) is 0 Å². The van der Waals surface area contributed by atoms with Gasteiger partial charge in [-0.05, 0) is 35.7 Å². The fourth-order valence-electron chi connectivity index (χ4n) is 1.84. The zero-order chi connectivity index (χ0) is 15.1. The van der Waals surface area contributed by atoms with Crippen molar-refractivity contribution in [1.82, 2.24) is 0 Å². The van der Waals surface area contributed by atoms with Crippen molar-refractivity contribution in [3.05, 3.63) is 58.1 Å². The summed E-state index contributed by atoms with van der Waals surface area (Å²) < 4.78 is 0.900. The summed E-state index contributed by atoms with van der Waals surface area (Å²) in [6.07, 6.45) is 0.0400. The molecular weight excluding hydrogens is 316 g/mol. The van der Waals surface area contributed by atoms with Crippen molar-refractivity contribution in [2.75, 3.05) is 0 Å². The van der Waals surface area contributed by atoms with E-state index in [1.165, 1.54) is 5.56 Å². The fourth-order valence-corrected chi connectivity index (χ4v) is 2.38. The Balaban J connectivity index is 0.000000956. The predicted molar refractivity (Wildman–Crippen MR) is 87.0 cm³/mol. The Morgan fingerprint density at radius 1 is 1.05 bits per heavy atom. The minimum Gasteiger partial charge on any atom is -0.481 e. The molecule has 20 heavy (non-hydrogen) atoms. The SMILES string of the molecule is CC.Cc1ccc(-c2cc(Br)cc(CC(=O)O)c2)cc1. The van der Waals surface area contributed by atoms with E-state index in [1.54, 1.807) is 0 Å². The highest BCUT2D eigenvalue weighted by molar-refractivity contribution is 9.10. The van der Waals surface area contributed by atoms with E-state index in [4.69, 9.17) is 5.11 Å². The first kappa shape index (κ1) is 16.4. The maximum absolute atomic E-state index is 10.8. The lowest BCUT2D eigenvalue weighted by Crippen LogP contribution is -2.00. The summed E-state index contributed by atoms with van der Waals surface area (Å²) in [7, 11) is 0. The van der Waals surface area contributed by atoms with Crippen LogP contribution in [0, 0.1) is 6.92 Å². The third-order valence-electron chi connectivity index (χ3n) is 2.70. The molecule has 0 amide bonds. The van der Waals surface area contributed by atoms with Gasteiger partial charge < -0.3 is 5.11 Å². The van der Waals surface area contributed by atoms with E-state index in [-0.39, 0.29) is 6.42 Å². The number of benzene rings is 2. The van der Waals surface area contributed by atoms with Crippen molar-refractivity contribution in [2.45, 2.75) is 27.2 Å². The van der Waals surface area contributed by atoms with E-state index in [2.05, 4.69) is 15.9 Å². The zero-order valence-corrected chi connectivity index (χ0v) is 13.6. The monoisotopic (exact) mass is 334 g/mol. The predicted octanol–water partition coefficient (Wildman–Crippen LogP) is 5.08. The molecule has 0 bridgehead atoms. The minimum atomic E-state index is -0.817. The van der Waals surface area contributed by atoms with Crippen LogP contribution in [0.25, 0.3) is 11.1 Å². The van der Waals surface area contributed by atoms with Gasteiger partial charge >= 0.3 is 5.97 Å². The third-order valence-corrected chi connectivity index (χ3v) is 3.16. The second-order valence-electron chi connectivity index (χ2n) is 4.28. The van der Waals surface area contributed by atoms with Crippen LogP contribution in [0.3, 0.4) is 0 Å². The number of halogens is 1. The fraction of sp³-hybridized carbons (Fsp3) is 0.235. The molecular formula is C17H19BrO2. The standard InChI is InChI=1S/C15H13BrO2.C2H6/c1-10-2-4-12(5-3-10)13-6-11(8-15(17)18)7-14(16)9-13;1-2/h2-7,9H,8H2,1H3,(H,17,18);1-2H3. The van der Waals surface area contributed by atoms with Gasteiger partial charge in [0.15, 0.2) is 0 Å². The number of hydrogen-bond acceptors (Lipinski definition) is 1. The number of hydrogen-bond donors (Lipinski definition) is 1. The molecule has 0 aliphatic carbocycles. The van der Waals surface area contributed by atoms with Gasteiger partial charge in [-0.1, -0.05) is 65.7 Å². The quantitative estimate of drug-likeness (QED) is 0.849. The van der Waals surface area contributed by atoms with E-state index in [9.17, 15) is 4.79 Å². The summed E-state index contributed by atoms with van der Waals surface area (Å²) >= 11 is 3.42. The lowest BCUT2D eigenvalue weighted by atomic mass is 10.0. The maximum atomic E-state index is 10.8. The summed E-state index contributed by atoms with van der Waals surface area (Å²) in [6, 6.07) is 13.9. The Hall–Kier alpha value is -1.61. The topological polar surface area (TPSA) is 37.3 Å². The molecule has 0 heterocycles. The molecule has 2 rings (SSSR count). The van der Waals surface area contributed by atoms with Gasteiger partial charge in [-0.2, -0.15) is 0 Å². The van der Waals surface area contributed by atoms with Crippen molar-refractivity contribution >= 4 is 21.9 Å². The van der Waals surface area contributed by atoms with E-state index in [0.717, 1.165) is 21.2 Å². The minimum absolute atomic E-state index is 0.0400. The Morgan fingerprint density at radius 3 is 2.20 bits per heavy atom. The molecule has 0 aliphatic heterocycles. The second-order valence-corrected chi connectivity index (χ2v) is 5.20. The van der Waals surface area contributed by atoms with Crippen LogP contribution in [0.4, 0.5) is 0 Å². The van der Waals surface area contributed by atoms with E-state index in [1.807, 2.05) is 63.2 Å². The molecule has 0 atom stereocenters. The highest BCUT2D eigenvalue weighted by atomic mass is 79.9. The molecule has 0 saturated carbocycles. The zero-order valence-electron chi connectivity index (χ0n) is 12.0. The molecule has 2 aromatic carbocycles. The molecule has 0 unspecified atom stereocenters. The highest BCUT2D eigenvalue weighted by Crippen LogP contribution is 2.25. The lowest BCUT2D eigenvalue weighted by molar-refractivity contribution is -0.136. The van der Waals surface area contributed by atoms with Gasteiger partial charge in [0.05, 0.1) is 6.42 Å². The normalized spacial score (nSPS) is 9.60. The largest absolute Gasteiger partial charge is 0.481 e. The maximum Gasteiger partial charge on any atom is 0.307 e. The summed E-state index contributed by atoms with van der Waals surface area (Å²) in [5.41, 5.74) is 4.13. The number of carbonyl (C=O) groups is 1. The van der Waals surface area contributed by atoms with Crippen LogP contribution in [0.5, 0.6) is 0 Å². The number of carboxylic acid groups (broad SMARTS) is 1. The number of rotatable bonds is 3. The summed E-state index contributed by atoms with van der Waals surface area (Å²) in [5.74, 6) is -0.817. The van der Waals surface area contributed by atoms with Crippen molar-refractivity contribution < 1.29 is 9.90 Å². The van der Waals surface area contributed by atoms with Crippen LogP contribution in [0.2, 0.25) is 0 Å². The number of aliphatic carboxylic acids is 1. The summed E-state index contributed by atoms with van der Waals surface area (Å²) in [5, 5.41) is 8.84. The van der Waals surface area contributed by atoms with Gasteiger partial charge in [0, 0.05) is 4.47 Å². The molecule has 0 aromatic heterocycles. The molecule has 106 valence electrons. The molecule has 0 radical (unpaired) electrons. The molecule has 0 saturated heterocycles. The van der Waals surface area contributed by atoms with Gasteiger partial charge in [0.25, 0.3) is 0 Å². The van der Waals surface area contributed by atoms with Crippen LogP contribution < -0.4 is 0 Å². The molecule has 3 heteroatoms. The Morgan fingerprint density at radius 2 is 1.65 bits per heavy atom. The Kier molecular flexibility index (Phi) is 6.46. The third kappa shape index (κ3) is 4.82. The van der Waals surface area contributed by atoms with Crippen molar-refractivity contribution in [3.63, 3.8) is 0 Å². The first-order valence-corrected chi connectivity index (χ1v) is 7.42. The molecule has 0 fully saturated rings. The van der Waals surface area contributed by atoms with Gasteiger partial charge in [-0.25, -0.2) is 0 Å². The lowest BCUT2D eigenvalue weighted by Gasteiger charge is -2.06. The van der Waals surface area contributed by atoms with Crippen LogP contribution in [-0.2, 0) is 11.2 Å². The van der Waals surface area contributed by atoms with E-state index < -0.39 is 5.97 Å². The van der Waals surface area contributed by atoms with Gasteiger partial charge in [0.2, 0.25) is 0 Å². The van der Waals surface area contributed by atoms with Gasteiger partial charge in [-0.3, -0.25) is 4.79 Å². The molecule has 0 spiro atoms. The summed E-state index contributed by atoms with van der Waals surface area (Å²) in [6.45, 7) is 6.04. The van der Waals surface area contributed by atoms with Crippen molar-refractivity contribution in [2.24, 2.45) is 0 Å². The molecule has 0 aliphatic rings. The molecule has 2 nitrogen and oxygen atoms in total. The second kappa shape index (κ2) is 7.85. The van der Waals surface area contributed by atoms with Crippen LogP contribution >= 0.6 is 15.9 Å². The Labute approximate surface area is 128 Å².